The molecule has 0 aliphatic heterocycles. The molecular weight excluding hydrogens is 228 g/mol. The van der Waals surface area contributed by atoms with Gasteiger partial charge in [-0.2, -0.15) is 0 Å². The SMILES string of the molecule is [2H][C@@H](c1ccccc1)S(=O)(=O)Br. The highest BCUT2D eigenvalue weighted by molar-refractivity contribution is 9.47. The Morgan fingerprint density at radius 3 is 2.36 bits per heavy atom. The molecule has 0 aromatic heterocycles. The summed E-state index contributed by atoms with van der Waals surface area (Å²) in [5.41, 5.74) is -0.770. The summed E-state index contributed by atoms with van der Waals surface area (Å²) in [7, 11) is -3.48. The highest BCUT2D eigenvalue weighted by Crippen LogP contribution is 2.10. The Labute approximate surface area is 74.8 Å². The third-order valence-electron chi connectivity index (χ3n) is 1.08. The monoisotopic (exact) mass is 235 g/mol. The predicted molar refractivity (Wildman–Crippen MR) is 48.0 cm³/mol. The molecule has 11 heavy (non-hydrogen) atoms. The largest absolute Gasteiger partial charge is 0.217 e. The predicted octanol–water partition coefficient (Wildman–Crippen LogP) is 1.91. The van der Waals surface area contributed by atoms with Crippen LogP contribution in [0.4, 0.5) is 0 Å². The quantitative estimate of drug-likeness (QED) is 0.735. The standard InChI is InChI=1S/C7H7BrO2S/c8-11(9,10)6-7-4-2-1-3-5-7/h1-5H,6H2/i6D/t6-/m0/s1. The van der Waals surface area contributed by atoms with Crippen LogP contribution in [-0.2, 0) is 14.0 Å². The molecule has 0 amide bonds. The van der Waals surface area contributed by atoms with E-state index in [4.69, 9.17) is 1.37 Å². The summed E-state index contributed by atoms with van der Waals surface area (Å²) in [5.74, 6) is 0. The van der Waals surface area contributed by atoms with E-state index in [1.165, 1.54) is 0 Å². The summed E-state index contributed by atoms with van der Waals surface area (Å²) in [6, 6.07) is 8.40. The van der Waals surface area contributed by atoms with Gasteiger partial charge < -0.3 is 0 Å². The Kier molecular flexibility index (Phi) is 2.23. The number of rotatable bonds is 2. The summed E-state index contributed by atoms with van der Waals surface area (Å²) < 4.78 is 29.1. The molecule has 0 saturated carbocycles. The maximum absolute atomic E-state index is 10.9. The summed E-state index contributed by atoms with van der Waals surface area (Å²) in [5, 5.41) is 0. The van der Waals surface area contributed by atoms with E-state index >= 15 is 0 Å². The molecule has 0 spiro atoms. The van der Waals surface area contributed by atoms with Gasteiger partial charge >= 0.3 is 0 Å². The summed E-state index contributed by atoms with van der Waals surface area (Å²) in [6.45, 7) is 0. The average Bonchev–Trinajstić information content (AvgIpc) is 2.03. The first kappa shape index (κ1) is 7.31. The van der Waals surface area contributed by atoms with Crippen LogP contribution in [0.5, 0.6) is 0 Å². The molecule has 0 fully saturated rings. The van der Waals surface area contributed by atoms with Gasteiger partial charge in [0.25, 0.3) is 0 Å². The smallest absolute Gasteiger partial charge is 0.213 e. The molecule has 1 rings (SSSR count). The Balaban J connectivity index is 3.02. The van der Waals surface area contributed by atoms with Crippen LogP contribution < -0.4 is 0 Å². The van der Waals surface area contributed by atoms with E-state index in [1.807, 2.05) is 0 Å². The van der Waals surface area contributed by atoms with Crippen molar-refractivity contribution in [1.29, 1.82) is 0 Å². The van der Waals surface area contributed by atoms with Crippen LogP contribution >= 0.6 is 14.8 Å². The highest BCUT2D eigenvalue weighted by Gasteiger charge is 2.04. The summed E-state index contributed by atoms with van der Waals surface area (Å²) in [4.78, 5) is 0. The van der Waals surface area contributed by atoms with E-state index in [9.17, 15) is 8.42 Å². The number of hydrogen-bond donors (Lipinski definition) is 0. The molecule has 60 valence electrons. The van der Waals surface area contributed by atoms with Gasteiger partial charge in [0.15, 0.2) is 0 Å². The van der Waals surface area contributed by atoms with Crippen molar-refractivity contribution in [3.63, 3.8) is 0 Å². The van der Waals surface area contributed by atoms with E-state index in [1.54, 1.807) is 30.3 Å². The third kappa shape index (κ3) is 3.53. The lowest BCUT2D eigenvalue weighted by molar-refractivity contribution is 0.611. The van der Waals surface area contributed by atoms with Gasteiger partial charge in [0.1, 0.15) is 0 Å². The minimum atomic E-state index is -3.48. The molecule has 1 aromatic carbocycles. The van der Waals surface area contributed by atoms with Crippen molar-refractivity contribution in [2.45, 2.75) is 5.73 Å². The summed E-state index contributed by atoms with van der Waals surface area (Å²) >= 11 is 2.47. The normalized spacial score (nSPS) is 15.5. The number of hydrogen-bond acceptors (Lipinski definition) is 2. The van der Waals surface area contributed by atoms with E-state index in [0.717, 1.165) is 0 Å². The molecule has 0 aliphatic carbocycles. The van der Waals surface area contributed by atoms with E-state index < -0.39 is 14.0 Å². The van der Waals surface area contributed by atoms with Crippen molar-refractivity contribution in [2.24, 2.45) is 0 Å². The highest BCUT2D eigenvalue weighted by atomic mass is 79.9. The van der Waals surface area contributed by atoms with Gasteiger partial charge in [-0.3, -0.25) is 0 Å². The third-order valence-corrected chi connectivity index (χ3v) is 2.19. The lowest BCUT2D eigenvalue weighted by Gasteiger charge is -1.94. The molecule has 2 nitrogen and oxygen atoms in total. The fraction of sp³-hybridized carbons (Fsp3) is 0.143. The van der Waals surface area contributed by atoms with Crippen molar-refractivity contribution in [1.82, 2.24) is 0 Å². The maximum Gasteiger partial charge on any atom is 0.213 e. The van der Waals surface area contributed by atoms with Gasteiger partial charge in [-0.25, -0.2) is 8.42 Å². The van der Waals surface area contributed by atoms with E-state index in [0.29, 0.717) is 5.56 Å². The van der Waals surface area contributed by atoms with Crippen LogP contribution in [0.3, 0.4) is 0 Å². The first-order chi connectivity index (χ1) is 5.52. The molecule has 0 radical (unpaired) electrons. The van der Waals surface area contributed by atoms with Crippen LogP contribution in [0.25, 0.3) is 0 Å². The zero-order valence-corrected chi connectivity index (χ0v) is 7.97. The van der Waals surface area contributed by atoms with Gasteiger partial charge in [0.2, 0.25) is 8.27 Å². The van der Waals surface area contributed by atoms with Gasteiger partial charge in [0, 0.05) is 1.37 Å². The Hall–Kier alpha value is -0.350. The zero-order chi connectivity index (χ0) is 9.19. The molecule has 4 heteroatoms. The molecule has 0 aliphatic rings. The van der Waals surface area contributed by atoms with E-state index in [2.05, 4.69) is 14.8 Å². The second-order valence-electron chi connectivity index (χ2n) is 2.00. The van der Waals surface area contributed by atoms with Crippen molar-refractivity contribution in [3.05, 3.63) is 35.9 Å². The van der Waals surface area contributed by atoms with Crippen LogP contribution in [0.2, 0.25) is 0 Å². The Morgan fingerprint density at radius 2 is 1.91 bits per heavy atom. The lowest BCUT2D eigenvalue weighted by atomic mass is 10.2. The minimum absolute atomic E-state index is 0.467. The second-order valence-corrected chi connectivity index (χ2v) is 5.90. The lowest BCUT2D eigenvalue weighted by Crippen LogP contribution is -1.93. The molecule has 0 saturated heterocycles. The molecule has 0 heterocycles. The maximum atomic E-state index is 10.9. The summed E-state index contributed by atoms with van der Waals surface area (Å²) in [6.07, 6.45) is 0. The Morgan fingerprint density at radius 1 is 1.36 bits per heavy atom. The van der Waals surface area contributed by atoms with Crippen LogP contribution in [-0.4, -0.2) is 8.42 Å². The first-order valence-electron chi connectivity index (χ1n) is 3.50. The van der Waals surface area contributed by atoms with Gasteiger partial charge in [-0.05, 0) is 5.56 Å². The van der Waals surface area contributed by atoms with Crippen molar-refractivity contribution < 1.29 is 9.79 Å². The van der Waals surface area contributed by atoms with Crippen LogP contribution in [0, 0.1) is 0 Å². The average molecular weight is 236 g/mol. The fourth-order valence-corrected chi connectivity index (χ4v) is 1.82. The molecule has 1 atom stereocenters. The van der Waals surface area contributed by atoms with E-state index in [-0.39, 0.29) is 0 Å². The Bertz CT molecular complexity index is 349. The van der Waals surface area contributed by atoms with Crippen LogP contribution in [0.15, 0.2) is 30.3 Å². The molecule has 0 unspecified atom stereocenters. The van der Waals surface area contributed by atoms with Crippen molar-refractivity contribution in [2.75, 3.05) is 0 Å². The van der Waals surface area contributed by atoms with Crippen molar-refractivity contribution >= 4 is 23.1 Å². The van der Waals surface area contributed by atoms with Gasteiger partial charge in [0.05, 0.1) is 20.5 Å². The molecule has 0 N–H and O–H groups in total. The fourth-order valence-electron chi connectivity index (χ4n) is 0.694. The molecule has 1 aromatic rings. The molecular formula is C7H7BrO2S. The number of benzene rings is 1. The van der Waals surface area contributed by atoms with Crippen molar-refractivity contribution in [3.8, 4) is 0 Å². The number of halogens is 1. The topological polar surface area (TPSA) is 34.1 Å². The molecule has 0 bridgehead atoms. The second kappa shape index (κ2) is 3.36. The van der Waals surface area contributed by atoms with Gasteiger partial charge in [-0.1, -0.05) is 30.3 Å². The first-order valence-corrected chi connectivity index (χ1v) is 6.31. The van der Waals surface area contributed by atoms with Gasteiger partial charge in [-0.15, -0.1) is 0 Å². The minimum Gasteiger partial charge on any atom is -0.217 e. The van der Waals surface area contributed by atoms with Crippen LogP contribution in [0.1, 0.15) is 6.93 Å². The zero-order valence-electron chi connectivity index (χ0n) is 6.57.